The molecule has 0 heterocycles. The number of nitrogens with one attached hydrogen (secondary N) is 1. The zero-order chi connectivity index (χ0) is 14.7. The van der Waals surface area contributed by atoms with E-state index in [1.807, 2.05) is 18.2 Å². The van der Waals surface area contributed by atoms with Crippen molar-refractivity contribution in [2.45, 2.75) is 37.8 Å². The van der Waals surface area contributed by atoms with Crippen LogP contribution in [0.2, 0.25) is 0 Å². The van der Waals surface area contributed by atoms with Gasteiger partial charge in [0.25, 0.3) is 0 Å². The minimum Gasteiger partial charge on any atom is -0.393 e. The molecule has 1 aliphatic rings. The maximum absolute atomic E-state index is 12.0. The maximum atomic E-state index is 12.0. The summed E-state index contributed by atoms with van der Waals surface area (Å²) in [5.74, 6) is 0.402. The highest BCUT2D eigenvalue weighted by atomic mass is 79.9. The first kappa shape index (κ1) is 15.3. The Balaban J connectivity index is 1.82. The number of nitrogens with zero attached hydrogens (tertiary/aromatic N) is 1. The standard InChI is InChI=1S/C15H21BrN2O2/c1-10(19)7-8-18(2)15(20)17-14-9-12(14)11-5-3-4-6-13(11)16/h3-6,10,12,14,19H,7-9H2,1-2H3,(H,17,20). The lowest BCUT2D eigenvalue weighted by Gasteiger charge is -2.18. The van der Waals surface area contributed by atoms with E-state index in [4.69, 9.17) is 0 Å². The van der Waals surface area contributed by atoms with Crippen LogP contribution in [-0.2, 0) is 0 Å². The van der Waals surface area contributed by atoms with Crippen molar-refractivity contribution in [1.82, 2.24) is 10.2 Å². The van der Waals surface area contributed by atoms with E-state index < -0.39 is 0 Å². The number of benzene rings is 1. The van der Waals surface area contributed by atoms with Gasteiger partial charge in [0, 0.05) is 30.0 Å². The van der Waals surface area contributed by atoms with Crippen molar-refractivity contribution in [2.24, 2.45) is 0 Å². The molecule has 1 fully saturated rings. The smallest absolute Gasteiger partial charge is 0.317 e. The molecular formula is C15H21BrN2O2. The van der Waals surface area contributed by atoms with Gasteiger partial charge in [-0.05, 0) is 31.4 Å². The molecule has 1 aromatic carbocycles. The average molecular weight is 341 g/mol. The summed E-state index contributed by atoms with van der Waals surface area (Å²) >= 11 is 3.55. The normalized spacial score (nSPS) is 22.2. The van der Waals surface area contributed by atoms with Gasteiger partial charge in [-0.3, -0.25) is 0 Å². The molecule has 0 aliphatic heterocycles. The molecule has 0 aromatic heterocycles. The van der Waals surface area contributed by atoms with E-state index in [1.165, 1.54) is 5.56 Å². The van der Waals surface area contributed by atoms with E-state index in [-0.39, 0.29) is 18.2 Å². The topological polar surface area (TPSA) is 52.6 Å². The van der Waals surface area contributed by atoms with Crippen molar-refractivity contribution < 1.29 is 9.90 Å². The number of hydrogen-bond donors (Lipinski definition) is 2. The van der Waals surface area contributed by atoms with Crippen molar-refractivity contribution in [2.75, 3.05) is 13.6 Å². The summed E-state index contributed by atoms with van der Waals surface area (Å²) < 4.78 is 1.10. The molecule has 0 bridgehead atoms. The first-order chi connectivity index (χ1) is 9.49. The molecule has 3 atom stereocenters. The molecular weight excluding hydrogens is 320 g/mol. The van der Waals surface area contributed by atoms with Gasteiger partial charge in [-0.15, -0.1) is 0 Å². The molecule has 1 aliphatic carbocycles. The summed E-state index contributed by atoms with van der Waals surface area (Å²) in [6.45, 7) is 2.30. The van der Waals surface area contributed by atoms with Crippen molar-refractivity contribution >= 4 is 22.0 Å². The van der Waals surface area contributed by atoms with E-state index in [0.29, 0.717) is 18.9 Å². The molecule has 0 saturated heterocycles. The Kier molecular flexibility index (Phi) is 5.05. The fraction of sp³-hybridized carbons (Fsp3) is 0.533. The van der Waals surface area contributed by atoms with Crippen LogP contribution >= 0.6 is 15.9 Å². The molecule has 4 nitrogen and oxygen atoms in total. The first-order valence-electron chi connectivity index (χ1n) is 6.93. The number of carbonyl (C=O) groups is 1. The van der Waals surface area contributed by atoms with Crippen LogP contribution in [0.5, 0.6) is 0 Å². The van der Waals surface area contributed by atoms with Crippen LogP contribution < -0.4 is 5.32 Å². The van der Waals surface area contributed by atoms with Gasteiger partial charge in [-0.2, -0.15) is 0 Å². The van der Waals surface area contributed by atoms with Gasteiger partial charge in [0.2, 0.25) is 0 Å². The van der Waals surface area contributed by atoms with E-state index >= 15 is 0 Å². The third-order valence-corrected chi connectivity index (χ3v) is 4.36. The van der Waals surface area contributed by atoms with Crippen LogP contribution in [0.15, 0.2) is 28.7 Å². The number of halogens is 1. The second-order valence-electron chi connectivity index (χ2n) is 5.48. The minimum atomic E-state index is -0.376. The van der Waals surface area contributed by atoms with Gasteiger partial charge < -0.3 is 15.3 Å². The number of carbonyl (C=O) groups excluding carboxylic acids is 1. The molecule has 0 spiro atoms. The lowest BCUT2D eigenvalue weighted by Crippen LogP contribution is -2.40. The number of urea groups is 1. The van der Waals surface area contributed by atoms with Crippen LogP contribution in [0.25, 0.3) is 0 Å². The number of hydrogen-bond acceptors (Lipinski definition) is 2. The highest BCUT2D eigenvalue weighted by Crippen LogP contribution is 2.43. The lowest BCUT2D eigenvalue weighted by atomic mass is 10.1. The molecule has 1 saturated carbocycles. The van der Waals surface area contributed by atoms with Crippen molar-refractivity contribution in [3.8, 4) is 0 Å². The van der Waals surface area contributed by atoms with E-state index in [2.05, 4.69) is 27.3 Å². The van der Waals surface area contributed by atoms with Crippen LogP contribution in [0.3, 0.4) is 0 Å². The molecule has 2 rings (SSSR count). The van der Waals surface area contributed by atoms with Crippen molar-refractivity contribution in [1.29, 1.82) is 0 Å². The Morgan fingerprint density at radius 2 is 2.25 bits per heavy atom. The van der Waals surface area contributed by atoms with E-state index in [1.54, 1.807) is 18.9 Å². The van der Waals surface area contributed by atoms with Gasteiger partial charge in [0.05, 0.1) is 6.10 Å². The van der Waals surface area contributed by atoms with Crippen LogP contribution in [0.1, 0.15) is 31.2 Å². The molecule has 20 heavy (non-hydrogen) atoms. The zero-order valence-electron chi connectivity index (χ0n) is 11.8. The van der Waals surface area contributed by atoms with Crippen LogP contribution in [0.4, 0.5) is 4.79 Å². The number of aliphatic hydroxyl groups excluding tert-OH is 1. The summed E-state index contributed by atoms with van der Waals surface area (Å²) in [5, 5.41) is 12.3. The summed E-state index contributed by atoms with van der Waals surface area (Å²) in [6, 6.07) is 8.29. The fourth-order valence-electron chi connectivity index (χ4n) is 2.22. The summed E-state index contributed by atoms with van der Waals surface area (Å²) in [5.41, 5.74) is 1.25. The van der Waals surface area contributed by atoms with E-state index in [0.717, 1.165) is 10.9 Å². The molecule has 0 radical (unpaired) electrons. The molecule has 2 amide bonds. The highest BCUT2D eigenvalue weighted by Gasteiger charge is 2.40. The second-order valence-corrected chi connectivity index (χ2v) is 6.33. The van der Waals surface area contributed by atoms with Crippen molar-refractivity contribution in [3.05, 3.63) is 34.3 Å². The number of rotatable bonds is 5. The molecule has 3 unspecified atom stereocenters. The van der Waals surface area contributed by atoms with Gasteiger partial charge in [0.1, 0.15) is 0 Å². The molecule has 2 N–H and O–H groups in total. The quantitative estimate of drug-likeness (QED) is 0.865. The SMILES string of the molecule is CC(O)CCN(C)C(=O)NC1CC1c1ccccc1Br. The van der Waals surface area contributed by atoms with Crippen LogP contribution in [-0.4, -0.2) is 41.8 Å². The van der Waals surface area contributed by atoms with E-state index in [9.17, 15) is 9.90 Å². The largest absolute Gasteiger partial charge is 0.393 e. The average Bonchev–Trinajstić information content (AvgIpc) is 3.15. The molecule has 1 aromatic rings. The summed E-state index contributed by atoms with van der Waals surface area (Å²) in [7, 11) is 1.76. The number of aliphatic hydroxyl groups is 1. The predicted molar refractivity (Wildman–Crippen MR) is 82.7 cm³/mol. The van der Waals surface area contributed by atoms with Gasteiger partial charge in [-0.1, -0.05) is 34.1 Å². The van der Waals surface area contributed by atoms with Crippen LogP contribution in [0, 0.1) is 0 Å². The minimum absolute atomic E-state index is 0.0646. The molecule has 110 valence electrons. The number of amides is 2. The first-order valence-corrected chi connectivity index (χ1v) is 7.72. The maximum Gasteiger partial charge on any atom is 0.317 e. The Hall–Kier alpha value is -1.07. The van der Waals surface area contributed by atoms with Gasteiger partial charge in [0.15, 0.2) is 0 Å². The lowest BCUT2D eigenvalue weighted by molar-refractivity contribution is 0.163. The third kappa shape index (κ3) is 3.96. The Labute approximate surface area is 128 Å². The second kappa shape index (κ2) is 6.59. The Morgan fingerprint density at radius 1 is 1.55 bits per heavy atom. The Morgan fingerprint density at radius 3 is 2.90 bits per heavy atom. The Bertz CT molecular complexity index is 479. The predicted octanol–water partition coefficient (Wildman–Crippen LogP) is 2.72. The van der Waals surface area contributed by atoms with Gasteiger partial charge >= 0.3 is 6.03 Å². The summed E-state index contributed by atoms with van der Waals surface area (Å²) in [4.78, 5) is 13.6. The zero-order valence-corrected chi connectivity index (χ0v) is 13.4. The summed E-state index contributed by atoms with van der Waals surface area (Å²) in [6.07, 6.45) is 1.21. The van der Waals surface area contributed by atoms with Gasteiger partial charge in [-0.25, -0.2) is 4.79 Å². The highest BCUT2D eigenvalue weighted by molar-refractivity contribution is 9.10. The molecule has 5 heteroatoms. The fourth-order valence-corrected chi connectivity index (χ4v) is 2.80. The third-order valence-electron chi connectivity index (χ3n) is 3.63. The van der Waals surface area contributed by atoms with Crippen molar-refractivity contribution in [3.63, 3.8) is 0 Å². The monoisotopic (exact) mass is 340 g/mol.